The van der Waals surface area contributed by atoms with Crippen LogP contribution in [0.2, 0.25) is 0 Å². The maximum Gasteiger partial charge on any atom is 0.453 e. The van der Waals surface area contributed by atoms with Gasteiger partial charge in [0.15, 0.2) is 0 Å². The van der Waals surface area contributed by atoms with Crippen LogP contribution < -0.4 is 0 Å². The standard InChI is InChI=1S/C5H2F6O2/c6-1(2(12)4(7)8)3(13)5(9,10)11/h1,4H. The van der Waals surface area contributed by atoms with Crippen molar-refractivity contribution >= 4 is 11.6 Å². The Morgan fingerprint density at radius 1 is 1.00 bits per heavy atom. The van der Waals surface area contributed by atoms with Gasteiger partial charge in [-0.3, -0.25) is 9.59 Å². The van der Waals surface area contributed by atoms with Crippen molar-refractivity contribution in [3.8, 4) is 0 Å². The van der Waals surface area contributed by atoms with E-state index in [4.69, 9.17) is 0 Å². The van der Waals surface area contributed by atoms with E-state index in [1.54, 1.807) is 0 Å². The van der Waals surface area contributed by atoms with Crippen molar-refractivity contribution < 1.29 is 35.9 Å². The Hall–Kier alpha value is -1.08. The Morgan fingerprint density at radius 3 is 1.62 bits per heavy atom. The maximum absolute atomic E-state index is 12.0. The van der Waals surface area contributed by atoms with Gasteiger partial charge in [-0.25, -0.2) is 13.2 Å². The van der Waals surface area contributed by atoms with E-state index in [0.29, 0.717) is 0 Å². The highest BCUT2D eigenvalue weighted by Gasteiger charge is 2.48. The van der Waals surface area contributed by atoms with Crippen LogP contribution in [0.15, 0.2) is 0 Å². The zero-order valence-corrected chi connectivity index (χ0v) is 5.74. The first-order valence-electron chi connectivity index (χ1n) is 2.75. The van der Waals surface area contributed by atoms with Crippen molar-refractivity contribution in [2.24, 2.45) is 0 Å². The minimum atomic E-state index is -5.62. The summed E-state index contributed by atoms with van der Waals surface area (Å²) in [6.07, 6.45) is -13.4. The number of carbonyl (C=O) groups excluding carboxylic acids is 2. The summed E-state index contributed by atoms with van der Waals surface area (Å²) in [5.41, 5.74) is 0. The van der Waals surface area contributed by atoms with Gasteiger partial charge in [-0.1, -0.05) is 0 Å². The molecule has 0 bridgehead atoms. The number of hydrogen-bond acceptors (Lipinski definition) is 2. The van der Waals surface area contributed by atoms with Crippen LogP contribution in [0, 0.1) is 0 Å². The third kappa shape index (κ3) is 3.03. The first kappa shape index (κ1) is 11.9. The van der Waals surface area contributed by atoms with Crippen molar-refractivity contribution in [3.05, 3.63) is 0 Å². The maximum atomic E-state index is 12.0. The highest BCUT2D eigenvalue weighted by Crippen LogP contribution is 2.20. The third-order valence-corrected chi connectivity index (χ3v) is 0.974. The number of ketones is 2. The van der Waals surface area contributed by atoms with Crippen molar-refractivity contribution in [1.29, 1.82) is 0 Å². The first-order chi connectivity index (χ1) is 5.68. The molecule has 1 atom stereocenters. The molecule has 0 radical (unpaired) electrons. The molecule has 76 valence electrons. The average Bonchev–Trinajstić information content (AvgIpc) is 1.98. The second kappa shape index (κ2) is 3.75. The largest absolute Gasteiger partial charge is 0.453 e. The Bertz CT molecular complexity index is 220. The van der Waals surface area contributed by atoms with E-state index >= 15 is 0 Å². The van der Waals surface area contributed by atoms with Crippen LogP contribution in [-0.4, -0.2) is 30.3 Å². The Kier molecular flexibility index (Phi) is 3.44. The van der Waals surface area contributed by atoms with Gasteiger partial charge in [-0.2, -0.15) is 13.2 Å². The van der Waals surface area contributed by atoms with Crippen LogP contribution in [0.1, 0.15) is 0 Å². The van der Waals surface area contributed by atoms with E-state index < -0.39 is 30.3 Å². The predicted molar refractivity (Wildman–Crippen MR) is 27.0 cm³/mol. The highest BCUT2D eigenvalue weighted by molar-refractivity contribution is 6.08. The zero-order valence-electron chi connectivity index (χ0n) is 5.74. The van der Waals surface area contributed by atoms with Crippen LogP contribution in [0.25, 0.3) is 0 Å². The summed E-state index contributed by atoms with van der Waals surface area (Å²) in [5.74, 6) is -5.79. The molecular weight excluding hydrogens is 206 g/mol. The molecule has 0 heterocycles. The van der Waals surface area contributed by atoms with Gasteiger partial charge in [-0.05, 0) is 0 Å². The minimum Gasteiger partial charge on any atom is -0.289 e. The smallest absolute Gasteiger partial charge is 0.289 e. The topological polar surface area (TPSA) is 34.1 Å². The van der Waals surface area contributed by atoms with Crippen LogP contribution >= 0.6 is 0 Å². The normalized spacial score (nSPS) is 14.4. The third-order valence-electron chi connectivity index (χ3n) is 0.974. The molecule has 0 saturated carbocycles. The zero-order chi connectivity index (χ0) is 10.8. The van der Waals surface area contributed by atoms with E-state index in [9.17, 15) is 35.9 Å². The van der Waals surface area contributed by atoms with E-state index in [1.165, 1.54) is 0 Å². The van der Waals surface area contributed by atoms with Crippen molar-refractivity contribution in [3.63, 3.8) is 0 Å². The Balaban J connectivity index is 4.54. The van der Waals surface area contributed by atoms with Crippen molar-refractivity contribution in [2.45, 2.75) is 18.8 Å². The van der Waals surface area contributed by atoms with Crippen LogP contribution in [0.5, 0.6) is 0 Å². The minimum absolute atomic E-state index is 2.68. The molecule has 0 aliphatic rings. The van der Waals surface area contributed by atoms with Crippen molar-refractivity contribution in [2.75, 3.05) is 0 Å². The van der Waals surface area contributed by atoms with E-state index in [-0.39, 0.29) is 0 Å². The summed E-state index contributed by atoms with van der Waals surface area (Å²) in [4.78, 5) is 19.7. The van der Waals surface area contributed by atoms with Crippen LogP contribution in [-0.2, 0) is 9.59 Å². The number of Topliss-reactive ketones (excluding diaryl/α,β-unsaturated/α-hetero) is 2. The second-order valence-electron chi connectivity index (χ2n) is 1.93. The molecule has 0 fully saturated rings. The molecule has 0 saturated heterocycles. The van der Waals surface area contributed by atoms with Gasteiger partial charge in [0, 0.05) is 0 Å². The Morgan fingerprint density at radius 2 is 1.38 bits per heavy atom. The summed E-state index contributed by atoms with van der Waals surface area (Å²) >= 11 is 0. The SMILES string of the molecule is O=C(C(F)F)C(F)C(=O)C(F)(F)F. The molecule has 0 aromatic rings. The van der Waals surface area contributed by atoms with Gasteiger partial charge < -0.3 is 0 Å². The van der Waals surface area contributed by atoms with Gasteiger partial charge in [0.25, 0.3) is 12.2 Å². The lowest BCUT2D eigenvalue weighted by atomic mass is 10.1. The first-order valence-corrected chi connectivity index (χ1v) is 2.75. The fourth-order valence-corrected chi connectivity index (χ4v) is 0.384. The quantitative estimate of drug-likeness (QED) is 0.517. The highest BCUT2D eigenvalue weighted by atomic mass is 19.4. The molecule has 0 aliphatic carbocycles. The van der Waals surface area contributed by atoms with E-state index in [0.717, 1.165) is 0 Å². The number of halogens is 6. The fraction of sp³-hybridized carbons (Fsp3) is 0.600. The molecule has 13 heavy (non-hydrogen) atoms. The Labute approximate surface area is 67.5 Å². The summed E-state index contributed by atoms with van der Waals surface area (Å²) < 4.78 is 68.7. The molecule has 0 aromatic carbocycles. The second-order valence-corrected chi connectivity index (χ2v) is 1.93. The molecule has 0 aromatic heterocycles. The fourth-order valence-electron chi connectivity index (χ4n) is 0.384. The molecule has 1 unspecified atom stereocenters. The molecule has 0 aliphatic heterocycles. The number of carbonyl (C=O) groups is 2. The average molecular weight is 208 g/mol. The number of rotatable bonds is 3. The van der Waals surface area contributed by atoms with E-state index in [2.05, 4.69) is 0 Å². The van der Waals surface area contributed by atoms with Gasteiger partial charge in [0.2, 0.25) is 12.0 Å². The molecule has 0 rings (SSSR count). The molecule has 8 heteroatoms. The van der Waals surface area contributed by atoms with Gasteiger partial charge in [0.1, 0.15) is 0 Å². The lowest BCUT2D eigenvalue weighted by molar-refractivity contribution is -0.178. The summed E-state index contributed by atoms with van der Waals surface area (Å²) in [7, 11) is 0. The van der Waals surface area contributed by atoms with Gasteiger partial charge >= 0.3 is 6.18 Å². The lowest BCUT2D eigenvalue weighted by Crippen LogP contribution is -2.39. The summed E-state index contributed by atoms with van der Waals surface area (Å²) in [5, 5.41) is 0. The molecule has 2 nitrogen and oxygen atoms in total. The molecular formula is C5H2F6O2. The van der Waals surface area contributed by atoms with Crippen molar-refractivity contribution in [1.82, 2.24) is 0 Å². The molecule has 0 spiro atoms. The lowest BCUT2D eigenvalue weighted by Gasteiger charge is -2.07. The van der Waals surface area contributed by atoms with E-state index in [1.807, 2.05) is 0 Å². The summed E-state index contributed by atoms with van der Waals surface area (Å²) in [6.45, 7) is 0. The number of alkyl halides is 6. The van der Waals surface area contributed by atoms with Crippen LogP contribution in [0.3, 0.4) is 0 Å². The molecule has 0 amide bonds. The monoisotopic (exact) mass is 208 g/mol. The molecule has 0 N–H and O–H groups in total. The number of hydrogen-bond donors (Lipinski definition) is 0. The van der Waals surface area contributed by atoms with Gasteiger partial charge in [-0.15, -0.1) is 0 Å². The van der Waals surface area contributed by atoms with Gasteiger partial charge in [0.05, 0.1) is 0 Å². The summed E-state index contributed by atoms with van der Waals surface area (Å²) in [6, 6.07) is 0. The van der Waals surface area contributed by atoms with Crippen LogP contribution in [0.4, 0.5) is 26.3 Å². The predicted octanol–water partition coefficient (Wildman–Crippen LogP) is 1.29.